The molecule has 0 aliphatic heterocycles. The molecule has 0 aliphatic rings. The highest BCUT2D eigenvalue weighted by atomic mass is 16.5. The number of rotatable bonds is 5. The summed E-state index contributed by atoms with van der Waals surface area (Å²) in [6.07, 6.45) is 8.09. The molecular weight excluding hydrogens is 172 g/mol. The zero-order valence-corrected chi connectivity index (χ0v) is 8.99. The van der Waals surface area contributed by atoms with E-state index in [2.05, 4.69) is 31.2 Å². The van der Waals surface area contributed by atoms with Crippen LogP contribution in [0.2, 0.25) is 0 Å². The Labute approximate surface area is 86.4 Å². The molecule has 1 aromatic rings. The fourth-order valence-corrected chi connectivity index (χ4v) is 1.26. The first-order valence-electron chi connectivity index (χ1n) is 5.17. The van der Waals surface area contributed by atoms with Crippen molar-refractivity contribution in [2.45, 2.75) is 26.2 Å². The molecule has 1 heteroatoms. The van der Waals surface area contributed by atoms with E-state index in [4.69, 9.17) is 4.74 Å². The molecule has 0 aromatic heterocycles. The van der Waals surface area contributed by atoms with Crippen LogP contribution in [0.25, 0.3) is 6.08 Å². The third-order valence-electron chi connectivity index (χ3n) is 2.15. The second-order valence-electron chi connectivity index (χ2n) is 3.32. The van der Waals surface area contributed by atoms with Gasteiger partial charge in [-0.15, -0.1) is 0 Å². The van der Waals surface area contributed by atoms with Gasteiger partial charge in [-0.05, 0) is 24.1 Å². The van der Waals surface area contributed by atoms with Gasteiger partial charge in [0.2, 0.25) is 0 Å². The van der Waals surface area contributed by atoms with Crippen molar-refractivity contribution in [1.82, 2.24) is 0 Å². The maximum absolute atomic E-state index is 5.09. The van der Waals surface area contributed by atoms with E-state index in [1.165, 1.54) is 24.8 Å². The molecule has 1 nitrogen and oxygen atoms in total. The van der Waals surface area contributed by atoms with Crippen LogP contribution in [0, 0.1) is 0 Å². The van der Waals surface area contributed by atoms with E-state index in [1.54, 1.807) is 7.11 Å². The molecule has 0 atom stereocenters. The molecule has 76 valence electrons. The first kappa shape index (κ1) is 10.8. The van der Waals surface area contributed by atoms with E-state index in [0.29, 0.717) is 0 Å². The normalized spacial score (nSPS) is 10.7. The summed E-state index contributed by atoms with van der Waals surface area (Å²) in [6, 6.07) is 8.11. The molecule has 0 unspecified atom stereocenters. The molecule has 0 saturated heterocycles. The lowest BCUT2D eigenvalue weighted by atomic mass is 10.1. The largest absolute Gasteiger partial charge is 0.497 e. The van der Waals surface area contributed by atoms with Crippen LogP contribution in [0.4, 0.5) is 0 Å². The number of benzene rings is 1. The Bertz CT molecular complexity index is 272. The SMILES string of the molecule is CCCC/C=C/c1ccc(OC)cc1. The van der Waals surface area contributed by atoms with Crippen molar-refractivity contribution < 1.29 is 4.74 Å². The van der Waals surface area contributed by atoms with E-state index in [1.807, 2.05) is 12.1 Å². The van der Waals surface area contributed by atoms with Crippen molar-refractivity contribution in [2.24, 2.45) is 0 Å². The fraction of sp³-hybridized carbons (Fsp3) is 0.385. The molecular formula is C13H18O. The Hall–Kier alpha value is -1.24. The predicted molar refractivity (Wildman–Crippen MR) is 61.6 cm³/mol. The van der Waals surface area contributed by atoms with Crippen molar-refractivity contribution in [2.75, 3.05) is 7.11 Å². The summed E-state index contributed by atoms with van der Waals surface area (Å²) >= 11 is 0. The van der Waals surface area contributed by atoms with Crippen LogP contribution in [0.3, 0.4) is 0 Å². The molecule has 0 radical (unpaired) electrons. The van der Waals surface area contributed by atoms with Gasteiger partial charge >= 0.3 is 0 Å². The van der Waals surface area contributed by atoms with E-state index in [-0.39, 0.29) is 0 Å². The lowest BCUT2D eigenvalue weighted by Crippen LogP contribution is -1.81. The van der Waals surface area contributed by atoms with Crippen molar-refractivity contribution in [1.29, 1.82) is 0 Å². The summed E-state index contributed by atoms with van der Waals surface area (Å²) in [5.74, 6) is 0.913. The zero-order valence-electron chi connectivity index (χ0n) is 8.99. The summed E-state index contributed by atoms with van der Waals surface area (Å²) in [4.78, 5) is 0. The average molecular weight is 190 g/mol. The van der Waals surface area contributed by atoms with Crippen LogP contribution in [0.1, 0.15) is 31.7 Å². The molecule has 0 spiro atoms. The average Bonchev–Trinajstić information content (AvgIpc) is 2.25. The van der Waals surface area contributed by atoms with E-state index >= 15 is 0 Å². The fourth-order valence-electron chi connectivity index (χ4n) is 1.26. The van der Waals surface area contributed by atoms with Crippen LogP contribution in [-0.2, 0) is 0 Å². The molecule has 0 bridgehead atoms. The van der Waals surface area contributed by atoms with Crippen LogP contribution >= 0.6 is 0 Å². The second kappa shape index (κ2) is 6.25. The summed E-state index contributed by atoms with van der Waals surface area (Å²) in [5, 5.41) is 0. The third-order valence-corrected chi connectivity index (χ3v) is 2.15. The summed E-state index contributed by atoms with van der Waals surface area (Å²) < 4.78 is 5.09. The van der Waals surface area contributed by atoms with Crippen LogP contribution in [0.15, 0.2) is 30.3 Å². The van der Waals surface area contributed by atoms with Crippen LogP contribution in [-0.4, -0.2) is 7.11 Å². The smallest absolute Gasteiger partial charge is 0.118 e. The summed E-state index contributed by atoms with van der Waals surface area (Å²) in [5.41, 5.74) is 1.24. The van der Waals surface area contributed by atoms with Gasteiger partial charge in [0.1, 0.15) is 5.75 Å². The standard InChI is InChI=1S/C13H18O/c1-3-4-5-6-7-12-8-10-13(14-2)11-9-12/h6-11H,3-5H2,1-2H3/b7-6+. The molecule has 0 aliphatic carbocycles. The first-order valence-corrected chi connectivity index (χ1v) is 5.17. The van der Waals surface area contributed by atoms with Crippen molar-refractivity contribution in [3.8, 4) is 5.75 Å². The molecule has 0 fully saturated rings. The van der Waals surface area contributed by atoms with E-state index in [0.717, 1.165) is 5.75 Å². The number of ether oxygens (including phenoxy) is 1. The molecule has 14 heavy (non-hydrogen) atoms. The first-order chi connectivity index (χ1) is 6.86. The van der Waals surface area contributed by atoms with Crippen molar-refractivity contribution in [3.63, 3.8) is 0 Å². The zero-order chi connectivity index (χ0) is 10.2. The number of allylic oxidation sites excluding steroid dienone is 1. The second-order valence-corrected chi connectivity index (χ2v) is 3.32. The minimum absolute atomic E-state index is 0.913. The molecule has 1 rings (SSSR count). The number of hydrogen-bond acceptors (Lipinski definition) is 1. The topological polar surface area (TPSA) is 9.23 Å². The maximum atomic E-state index is 5.09. The molecule has 0 heterocycles. The van der Waals surface area contributed by atoms with Gasteiger partial charge in [-0.3, -0.25) is 0 Å². The summed E-state index contributed by atoms with van der Waals surface area (Å²) in [7, 11) is 1.69. The van der Waals surface area contributed by atoms with Gasteiger partial charge in [0, 0.05) is 0 Å². The van der Waals surface area contributed by atoms with E-state index in [9.17, 15) is 0 Å². The van der Waals surface area contributed by atoms with Gasteiger partial charge in [-0.25, -0.2) is 0 Å². The van der Waals surface area contributed by atoms with Gasteiger partial charge in [-0.1, -0.05) is 44.1 Å². The number of hydrogen-bond donors (Lipinski definition) is 0. The van der Waals surface area contributed by atoms with Gasteiger partial charge in [0.05, 0.1) is 7.11 Å². The highest BCUT2D eigenvalue weighted by Gasteiger charge is 1.89. The van der Waals surface area contributed by atoms with Gasteiger partial charge in [0.25, 0.3) is 0 Å². The monoisotopic (exact) mass is 190 g/mol. The number of unbranched alkanes of at least 4 members (excludes halogenated alkanes) is 2. The van der Waals surface area contributed by atoms with Crippen molar-refractivity contribution >= 4 is 6.08 Å². The van der Waals surface area contributed by atoms with Gasteiger partial charge in [-0.2, -0.15) is 0 Å². The Morgan fingerprint density at radius 3 is 2.50 bits per heavy atom. The lowest BCUT2D eigenvalue weighted by Gasteiger charge is -1.98. The minimum atomic E-state index is 0.913. The Kier molecular flexibility index (Phi) is 4.84. The summed E-state index contributed by atoms with van der Waals surface area (Å²) in [6.45, 7) is 2.21. The number of methoxy groups -OCH3 is 1. The van der Waals surface area contributed by atoms with Crippen LogP contribution in [0.5, 0.6) is 5.75 Å². The predicted octanol–water partition coefficient (Wildman–Crippen LogP) is 3.90. The third kappa shape index (κ3) is 3.65. The molecule has 1 aromatic carbocycles. The molecule has 0 amide bonds. The Balaban J connectivity index is 2.47. The molecule has 0 saturated carbocycles. The van der Waals surface area contributed by atoms with E-state index < -0.39 is 0 Å². The Morgan fingerprint density at radius 1 is 1.21 bits per heavy atom. The van der Waals surface area contributed by atoms with Gasteiger partial charge in [0.15, 0.2) is 0 Å². The highest BCUT2D eigenvalue weighted by molar-refractivity contribution is 5.50. The highest BCUT2D eigenvalue weighted by Crippen LogP contribution is 2.12. The minimum Gasteiger partial charge on any atom is -0.497 e. The Morgan fingerprint density at radius 2 is 1.93 bits per heavy atom. The molecule has 0 N–H and O–H groups in total. The quantitative estimate of drug-likeness (QED) is 0.640. The van der Waals surface area contributed by atoms with Crippen LogP contribution < -0.4 is 4.74 Å². The van der Waals surface area contributed by atoms with Crippen molar-refractivity contribution in [3.05, 3.63) is 35.9 Å². The van der Waals surface area contributed by atoms with Gasteiger partial charge < -0.3 is 4.74 Å². The maximum Gasteiger partial charge on any atom is 0.118 e. The lowest BCUT2D eigenvalue weighted by molar-refractivity contribution is 0.415.